The SMILES string of the molecule is COC.Cc1nc2ccc(CN3CCN(c4ccc(C=O)nc4F)CC3)c(F)c2[nH]c1=O. The highest BCUT2D eigenvalue weighted by atomic mass is 19.1. The molecule has 170 valence electrons. The van der Waals surface area contributed by atoms with E-state index < -0.39 is 17.3 Å². The van der Waals surface area contributed by atoms with Crippen LogP contribution in [0, 0.1) is 18.7 Å². The second kappa shape index (κ2) is 10.4. The summed E-state index contributed by atoms with van der Waals surface area (Å²) in [4.78, 5) is 36.7. The summed E-state index contributed by atoms with van der Waals surface area (Å²) in [5.74, 6) is -1.15. The van der Waals surface area contributed by atoms with Crippen molar-refractivity contribution in [3.63, 3.8) is 0 Å². The maximum absolute atomic E-state index is 14.9. The Hall–Kier alpha value is -3.24. The van der Waals surface area contributed by atoms with Gasteiger partial charge in [0.25, 0.3) is 5.56 Å². The van der Waals surface area contributed by atoms with Crippen molar-refractivity contribution in [3.8, 4) is 0 Å². The molecule has 1 aromatic carbocycles. The molecular formula is C22H25F2N5O3. The van der Waals surface area contributed by atoms with Gasteiger partial charge in [0.1, 0.15) is 16.9 Å². The van der Waals surface area contributed by atoms with Gasteiger partial charge in [-0.1, -0.05) is 6.07 Å². The van der Waals surface area contributed by atoms with Gasteiger partial charge in [0, 0.05) is 52.5 Å². The molecule has 0 saturated carbocycles. The number of carbonyl (C=O) groups is 1. The van der Waals surface area contributed by atoms with Crippen LogP contribution in [0.15, 0.2) is 29.1 Å². The Labute approximate surface area is 183 Å². The highest BCUT2D eigenvalue weighted by molar-refractivity contribution is 5.75. The Kier molecular flexibility index (Phi) is 7.60. The summed E-state index contributed by atoms with van der Waals surface area (Å²) in [5, 5.41) is 0. The van der Waals surface area contributed by atoms with Crippen molar-refractivity contribution in [2.75, 3.05) is 45.3 Å². The number of hydrogen-bond acceptors (Lipinski definition) is 7. The molecule has 4 rings (SSSR count). The van der Waals surface area contributed by atoms with Gasteiger partial charge in [-0.05, 0) is 25.1 Å². The Balaban J connectivity index is 0.000000913. The fraction of sp³-hybridized carbons (Fsp3) is 0.364. The molecule has 0 atom stereocenters. The summed E-state index contributed by atoms with van der Waals surface area (Å²) < 4.78 is 33.2. The number of piperazine rings is 1. The zero-order valence-electron chi connectivity index (χ0n) is 18.2. The number of halogens is 2. The molecule has 1 fully saturated rings. The normalized spacial score (nSPS) is 14.2. The minimum Gasteiger partial charge on any atom is -0.388 e. The van der Waals surface area contributed by atoms with E-state index in [1.165, 1.54) is 6.07 Å². The summed E-state index contributed by atoms with van der Waals surface area (Å²) in [6.07, 6.45) is 0.507. The number of carbonyl (C=O) groups excluding carboxylic acids is 1. The number of benzene rings is 1. The predicted molar refractivity (Wildman–Crippen MR) is 117 cm³/mol. The number of nitrogens with zero attached hydrogens (tertiary/aromatic N) is 4. The smallest absolute Gasteiger partial charge is 0.269 e. The van der Waals surface area contributed by atoms with E-state index >= 15 is 0 Å². The topological polar surface area (TPSA) is 91.4 Å². The van der Waals surface area contributed by atoms with Crippen LogP contribution in [0.3, 0.4) is 0 Å². The van der Waals surface area contributed by atoms with Crippen LogP contribution in [0.2, 0.25) is 0 Å². The third-order valence-corrected chi connectivity index (χ3v) is 5.13. The molecule has 0 unspecified atom stereocenters. The van der Waals surface area contributed by atoms with E-state index in [-0.39, 0.29) is 11.2 Å². The van der Waals surface area contributed by atoms with Crippen LogP contribution in [0.5, 0.6) is 0 Å². The van der Waals surface area contributed by atoms with Gasteiger partial charge in [-0.3, -0.25) is 14.5 Å². The second-order valence-corrected chi connectivity index (χ2v) is 7.42. The van der Waals surface area contributed by atoms with Gasteiger partial charge in [0.2, 0.25) is 5.95 Å². The number of rotatable bonds is 4. The van der Waals surface area contributed by atoms with Gasteiger partial charge in [0.05, 0.1) is 11.2 Å². The number of fused-ring (bicyclic) bond motifs is 1. The second-order valence-electron chi connectivity index (χ2n) is 7.42. The summed E-state index contributed by atoms with van der Waals surface area (Å²) in [6.45, 7) is 4.26. The highest BCUT2D eigenvalue weighted by Gasteiger charge is 2.22. The predicted octanol–water partition coefficient (Wildman–Crippen LogP) is 2.30. The van der Waals surface area contributed by atoms with Crippen LogP contribution in [0.1, 0.15) is 21.7 Å². The monoisotopic (exact) mass is 445 g/mol. The first-order valence-electron chi connectivity index (χ1n) is 10.0. The minimum absolute atomic E-state index is 0.0550. The molecule has 0 radical (unpaired) electrons. The minimum atomic E-state index is -0.671. The molecule has 0 bridgehead atoms. The number of H-pyrrole nitrogens is 1. The van der Waals surface area contributed by atoms with Crippen molar-refractivity contribution < 1.29 is 18.3 Å². The summed E-state index contributed by atoms with van der Waals surface area (Å²) in [5.41, 5.74) is 1.29. The standard InChI is InChI=1S/C20H19F2N5O2.C2H6O/c1-12-20(29)25-18-15(23-12)4-2-13(17(18)21)10-26-6-8-27(9-7-26)16-5-3-14(11-28)24-19(16)22;1-3-2/h2-5,11H,6-10H2,1H3,(H,25,29);1-2H3. The third-order valence-electron chi connectivity index (χ3n) is 5.13. The van der Waals surface area contributed by atoms with Crippen molar-refractivity contribution in [2.24, 2.45) is 0 Å². The Bertz CT molecular complexity index is 1160. The van der Waals surface area contributed by atoms with Crippen molar-refractivity contribution in [1.29, 1.82) is 0 Å². The summed E-state index contributed by atoms with van der Waals surface area (Å²) >= 11 is 0. The molecule has 0 aliphatic carbocycles. The van der Waals surface area contributed by atoms with Crippen LogP contribution >= 0.6 is 0 Å². The van der Waals surface area contributed by atoms with E-state index in [1.807, 2.05) is 4.90 Å². The first-order chi connectivity index (χ1) is 15.4. The van der Waals surface area contributed by atoms with Crippen molar-refractivity contribution in [3.05, 3.63) is 63.3 Å². The number of pyridine rings is 1. The van der Waals surface area contributed by atoms with Gasteiger partial charge in [-0.25, -0.2) is 14.4 Å². The van der Waals surface area contributed by atoms with E-state index in [2.05, 4.69) is 24.6 Å². The Morgan fingerprint density at radius 1 is 1.09 bits per heavy atom. The quantitative estimate of drug-likeness (QED) is 0.487. The van der Waals surface area contributed by atoms with E-state index in [4.69, 9.17) is 0 Å². The van der Waals surface area contributed by atoms with E-state index in [0.29, 0.717) is 61.5 Å². The maximum Gasteiger partial charge on any atom is 0.269 e. The van der Waals surface area contributed by atoms with E-state index in [1.54, 1.807) is 39.3 Å². The average molecular weight is 445 g/mol. The Morgan fingerprint density at radius 2 is 1.78 bits per heavy atom. The number of hydrogen-bond donors (Lipinski definition) is 1. The molecule has 1 aliphatic heterocycles. The lowest BCUT2D eigenvalue weighted by Crippen LogP contribution is -2.46. The van der Waals surface area contributed by atoms with Gasteiger partial charge in [0.15, 0.2) is 12.1 Å². The van der Waals surface area contributed by atoms with Gasteiger partial charge >= 0.3 is 0 Å². The third kappa shape index (κ3) is 5.14. The number of aryl methyl sites for hydroxylation is 1. The van der Waals surface area contributed by atoms with Crippen LogP contribution in [-0.2, 0) is 11.3 Å². The molecule has 8 nitrogen and oxygen atoms in total. The molecule has 0 spiro atoms. The number of nitrogens with one attached hydrogen (secondary N) is 1. The number of aromatic amines is 1. The first-order valence-corrected chi connectivity index (χ1v) is 10.0. The molecule has 10 heteroatoms. The first kappa shape index (κ1) is 23.4. The lowest BCUT2D eigenvalue weighted by molar-refractivity contribution is 0.111. The molecule has 3 heterocycles. The Morgan fingerprint density at radius 3 is 2.41 bits per heavy atom. The van der Waals surface area contributed by atoms with Gasteiger partial charge in [-0.15, -0.1) is 0 Å². The largest absolute Gasteiger partial charge is 0.388 e. The van der Waals surface area contributed by atoms with Crippen LogP contribution < -0.4 is 10.5 Å². The van der Waals surface area contributed by atoms with Gasteiger partial charge < -0.3 is 14.6 Å². The molecular weight excluding hydrogens is 420 g/mol. The number of anilines is 1. The van der Waals surface area contributed by atoms with Crippen LogP contribution in [-0.4, -0.2) is 66.5 Å². The van der Waals surface area contributed by atoms with Crippen LogP contribution in [0.25, 0.3) is 11.0 Å². The fourth-order valence-electron chi connectivity index (χ4n) is 3.51. The molecule has 0 amide bonds. The number of aromatic nitrogens is 3. The lowest BCUT2D eigenvalue weighted by Gasteiger charge is -2.36. The van der Waals surface area contributed by atoms with E-state index in [9.17, 15) is 18.4 Å². The zero-order chi connectivity index (χ0) is 23.3. The van der Waals surface area contributed by atoms with Crippen LogP contribution in [0.4, 0.5) is 14.5 Å². The molecule has 1 aliphatic rings. The van der Waals surface area contributed by atoms with Crippen molar-refractivity contribution in [1.82, 2.24) is 19.9 Å². The average Bonchev–Trinajstić information content (AvgIpc) is 2.78. The molecule has 2 aromatic heterocycles. The highest BCUT2D eigenvalue weighted by Crippen LogP contribution is 2.22. The number of aldehydes is 1. The lowest BCUT2D eigenvalue weighted by atomic mass is 10.1. The van der Waals surface area contributed by atoms with E-state index in [0.717, 1.165) is 0 Å². The molecule has 1 saturated heterocycles. The van der Waals surface area contributed by atoms with Crippen molar-refractivity contribution >= 4 is 23.0 Å². The van der Waals surface area contributed by atoms with Gasteiger partial charge in [-0.2, -0.15) is 4.39 Å². The van der Waals surface area contributed by atoms with Crippen molar-refractivity contribution in [2.45, 2.75) is 13.5 Å². The fourth-order valence-corrected chi connectivity index (χ4v) is 3.51. The number of ether oxygens (including phenoxy) is 1. The maximum atomic E-state index is 14.9. The molecule has 32 heavy (non-hydrogen) atoms. The zero-order valence-corrected chi connectivity index (χ0v) is 18.2. The number of methoxy groups -OCH3 is 1. The summed E-state index contributed by atoms with van der Waals surface area (Å²) in [7, 11) is 3.25. The summed E-state index contributed by atoms with van der Waals surface area (Å²) in [6, 6.07) is 6.41. The molecule has 1 N–H and O–H groups in total. The molecule has 3 aromatic rings.